The van der Waals surface area contributed by atoms with Crippen molar-refractivity contribution in [1.29, 1.82) is 0 Å². The zero-order chi connectivity index (χ0) is 13.1. The topological polar surface area (TPSA) is 26.3 Å². The van der Waals surface area contributed by atoms with Crippen LogP contribution in [-0.2, 0) is 0 Å². The summed E-state index contributed by atoms with van der Waals surface area (Å²) in [4.78, 5) is 11.5. The zero-order valence-corrected chi connectivity index (χ0v) is 11.2. The zero-order valence-electron chi connectivity index (χ0n) is 9.61. The van der Waals surface area contributed by atoms with Crippen LogP contribution in [0.1, 0.15) is 17.3 Å². The van der Waals surface area contributed by atoms with Crippen molar-refractivity contribution in [3.63, 3.8) is 0 Å². The second kappa shape index (κ2) is 5.31. The third kappa shape index (κ3) is 2.96. The molecule has 2 rings (SSSR count). The van der Waals surface area contributed by atoms with Crippen LogP contribution in [0.5, 0.6) is 11.5 Å². The van der Waals surface area contributed by atoms with E-state index in [9.17, 15) is 9.18 Å². The summed E-state index contributed by atoms with van der Waals surface area (Å²) in [5, 5.41) is 0. The molecule has 4 heteroatoms. The molecule has 0 spiro atoms. The lowest BCUT2D eigenvalue weighted by atomic mass is 10.1. The summed E-state index contributed by atoms with van der Waals surface area (Å²) in [6, 6.07) is 10.8. The smallest absolute Gasteiger partial charge is 0.163 e. The minimum Gasteiger partial charge on any atom is -0.457 e. The maximum absolute atomic E-state index is 12.8. The highest BCUT2D eigenvalue weighted by Gasteiger charge is 2.10. The molecule has 0 aromatic heterocycles. The van der Waals surface area contributed by atoms with Crippen LogP contribution in [0.3, 0.4) is 0 Å². The van der Waals surface area contributed by atoms with Crippen LogP contribution in [0.4, 0.5) is 4.39 Å². The highest BCUT2D eigenvalue weighted by atomic mass is 79.9. The molecule has 0 radical (unpaired) electrons. The first-order valence-electron chi connectivity index (χ1n) is 5.30. The third-order valence-corrected chi connectivity index (χ3v) is 2.86. The summed E-state index contributed by atoms with van der Waals surface area (Å²) in [5.74, 6) is 0.517. The summed E-state index contributed by atoms with van der Waals surface area (Å²) in [6.07, 6.45) is 0. The molecular weight excluding hydrogens is 299 g/mol. The van der Waals surface area contributed by atoms with Gasteiger partial charge >= 0.3 is 0 Å². The Hall–Kier alpha value is -1.68. The van der Waals surface area contributed by atoms with E-state index in [1.54, 1.807) is 18.2 Å². The molecule has 0 N–H and O–H groups in total. The van der Waals surface area contributed by atoms with Crippen molar-refractivity contribution in [1.82, 2.24) is 0 Å². The average Bonchev–Trinajstić information content (AvgIpc) is 2.32. The molecule has 0 saturated carbocycles. The molecule has 0 aliphatic rings. The Labute approximate surface area is 113 Å². The van der Waals surface area contributed by atoms with Crippen molar-refractivity contribution in [3.8, 4) is 11.5 Å². The van der Waals surface area contributed by atoms with Crippen molar-refractivity contribution in [3.05, 3.63) is 58.3 Å². The second-order valence-electron chi connectivity index (χ2n) is 3.75. The molecule has 0 saturated heterocycles. The van der Waals surface area contributed by atoms with Crippen LogP contribution in [0.25, 0.3) is 0 Å². The number of ketones is 1. The maximum Gasteiger partial charge on any atom is 0.163 e. The number of carbonyl (C=O) groups is 1. The predicted molar refractivity (Wildman–Crippen MR) is 70.6 cm³/mol. The Balaban J connectivity index is 2.35. The largest absolute Gasteiger partial charge is 0.457 e. The summed E-state index contributed by atoms with van der Waals surface area (Å²) in [5.41, 5.74) is 0.488. The molecule has 92 valence electrons. The second-order valence-corrected chi connectivity index (χ2v) is 4.67. The van der Waals surface area contributed by atoms with E-state index in [2.05, 4.69) is 15.9 Å². The van der Waals surface area contributed by atoms with E-state index in [4.69, 9.17) is 4.74 Å². The monoisotopic (exact) mass is 308 g/mol. The normalized spacial score (nSPS) is 10.2. The van der Waals surface area contributed by atoms with Crippen LogP contribution < -0.4 is 4.74 Å². The van der Waals surface area contributed by atoms with Gasteiger partial charge in [0.1, 0.15) is 17.3 Å². The van der Waals surface area contributed by atoms with Gasteiger partial charge < -0.3 is 4.74 Å². The SMILES string of the molecule is CC(=O)c1ccc(Br)cc1Oc1ccc(F)cc1. The first kappa shape index (κ1) is 12.8. The van der Waals surface area contributed by atoms with Crippen LogP contribution in [-0.4, -0.2) is 5.78 Å². The number of halogens is 2. The molecule has 0 bridgehead atoms. The van der Waals surface area contributed by atoms with E-state index in [0.29, 0.717) is 17.1 Å². The molecule has 2 aromatic rings. The number of rotatable bonds is 3. The highest BCUT2D eigenvalue weighted by Crippen LogP contribution is 2.29. The molecule has 2 nitrogen and oxygen atoms in total. The van der Waals surface area contributed by atoms with Gasteiger partial charge in [0.15, 0.2) is 5.78 Å². The van der Waals surface area contributed by atoms with Gasteiger partial charge in [-0.1, -0.05) is 15.9 Å². The van der Waals surface area contributed by atoms with Gasteiger partial charge in [0.25, 0.3) is 0 Å². The molecule has 18 heavy (non-hydrogen) atoms. The highest BCUT2D eigenvalue weighted by molar-refractivity contribution is 9.10. The third-order valence-electron chi connectivity index (χ3n) is 2.36. The van der Waals surface area contributed by atoms with Crippen molar-refractivity contribution >= 4 is 21.7 Å². The average molecular weight is 309 g/mol. The summed E-state index contributed by atoms with van der Waals surface area (Å²) in [7, 11) is 0. The molecule has 0 aliphatic carbocycles. The molecule has 0 unspecified atom stereocenters. The van der Waals surface area contributed by atoms with Gasteiger partial charge in [0.05, 0.1) is 5.56 Å². The van der Waals surface area contributed by atoms with Gasteiger partial charge in [-0.3, -0.25) is 4.79 Å². The Morgan fingerprint density at radius 2 is 1.83 bits per heavy atom. The van der Waals surface area contributed by atoms with Crippen LogP contribution in [0.15, 0.2) is 46.9 Å². The van der Waals surface area contributed by atoms with Crippen LogP contribution >= 0.6 is 15.9 Å². The fourth-order valence-corrected chi connectivity index (χ4v) is 1.84. The lowest BCUT2D eigenvalue weighted by Gasteiger charge is -2.09. The summed E-state index contributed by atoms with van der Waals surface area (Å²) >= 11 is 3.32. The first-order valence-corrected chi connectivity index (χ1v) is 6.09. The van der Waals surface area contributed by atoms with E-state index in [1.807, 2.05) is 0 Å². The number of benzene rings is 2. The van der Waals surface area contributed by atoms with Crippen molar-refractivity contribution in [2.45, 2.75) is 6.92 Å². The predicted octanol–water partition coefficient (Wildman–Crippen LogP) is 4.58. The Bertz CT molecular complexity index is 579. The molecule has 2 aromatic carbocycles. The molecular formula is C14H10BrFO2. The first-order chi connectivity index (χ1) is 8.56. The quantitative estimate of drug-likeness (QED) is 0.776. The molecule has 0 heterocycles. The van der Waals surface area contributed by atoms with Crippen molar-refractivity contribution in [2.24, 2.45) is 0 Å². The summed E-state index contributed by atoms with van der Waals surface area (Å²) < 4.78 is 19.2. The van der Waals surface area contributed by atoms with E-state index in [-0.39, 0.29) is 11.6 Å². The standard InChI is InChI=1S/C14H10BrFO2/c1-9(17)13-7-2-10(15)8-14(13)18-12-5-3-11(16)4-6-12/h2-8H,1H3. The van der Waals surface area contributed by atoms with E-state index < -0.39 is 0 Å². The fraction of sp³-hybridized carbons (Fsp3) is 0.0714. The van der Waals surface area contributed by atoms with Crippen LogP contribution in [0.2, 0.25) is 0 Å². The lowest BCUT2D eigenvalue weighted by molar-refractivity contribution is 0.101. The molecule has 0 amide bonds. The fourth-order valence-electron chi connectivity index (χ4n) is 1.50. The minimum absolute atomic E-state index is 0.0837. The Morgan fingerprint density at radius 1 is 1.17 bits per heavy atom. The van der Waals surface area contributed by atoms with Gasteiger partial charge in [0, 0.05) is 4.47 Å². The van der Waals surface area contributed by atoms with Gasteiger partial charge in [0.2, 0.25) is 0 Å². The van der Waals surface area contributed by atoms with Crippen LogP contribution in [0, 0.1) is 5.82 Å². The summed E-state index contributed by atoms with van der Waals surface area (Å²) in [6.45, 7) is 1.47. The number of Topliss-reactive ketones (excluding diaryl/α,β-unsaturated/α-hetero) is 1. The van der Waals surface area contributed by atoms with E-state index >= 15 is 0 Å². The molecule has 0 fully saturated rings. The van der Waals surface area contributed by atoms with Gasteiger partial charge in [-0.2, -0.15) is 0 Å². The number of hydrogen-bond acceptors (Lipinski definition) is 2. The number of carbonyl (C=O) groups excluding carboxylic acids is 1. The molecule has 0 atom stereocenters. The van der Waals surface area contributed by atoms with E-state index in [0.717, 1.165) is 4.47 Å². The Morgan fingerprint density at radius 3 is 2.44 bits per heavy atom. The van der Waals surface area contributed by atoms with E-state index in [1.165, 1.54) is 31.2 Å². The lowest BCUT2D eigenvalue weighted by Crippen LogP contribution is -1.97. The molecule has 0 aliphatic heterocycles. The van der Waals surface area contributed by atoms with Crippen molar-refractivity contribution < 1.29 is 13.9 Å². The Kier molecular flexibility index (Phi) is 3.77. The van der Waals surface area contributed by atoms with Gasteiger partial charge in [-0.15, -0.1) is 0 Å². The minimum atomic E-state index is -0.330. The van der Waals surface area contributed by atoms with Gasteiger partial charge in [-0.25, -0.2) is 4.39 Å². The van der Waals surface area contributed by atoms with Gasteiger partial charge in [-0.05, 0) is 49.4 Å². The maximum atomic E-state index is 12.8. The number of ether oxygens (including phenoxy) is 1. The van der Waals surface area contributed by atoms with Crippen molar-refractivity contribution in [2.75, 3.05) is 0 Å². The number of hydrogen-bond donors (Lipinski definition) is 0.